The molecule has 0 aliphatic carbocycles. The van der Waals surface area contributed by atoms with Crippen molar-refractivity contribution in [2.24, 2.45) is 0 Å². The number of thioether (sulfide) groups is 1. The second-order valence-corrected chi connectivity index (χ2v) is 6.24. The van der Waals surface area contributed by atoms with Crippen molar-refractivity contribution in [1.82, 2.24) is 4.98 Å². The lowest BCUT2D eigenvalue weighted by Gasteiger charge is -2.20. The quantitative estimate of drug-likeness (QED) is 0.868. The van der Waals surface area contributed by atoms with E-state index in [0.29, 0.717) is 35.4 Å². The van der Waals surface area contributed by atoms with Crippen molar-refractivity contribution < 1.29 is 9.84 Å². The second-order valence-electron chi connectivity index (χ2n) is 4.87. The van der Waals surface area contributed by atoms with Crippen molar-refractivity contribution in [3.8, 4) is 11.9 Å². The maximum absolute atomic E-state index is 9.99. The molecular weight excluding hydrogens is 320 g/mol. The van der Waals surface area contributed by atoms with Crippen molar-refractivity contribution in [3.63, 3.8) is 0 Å². The summed E-state index contributed by atoms with van der Waals surface area (Å²) in [5, 5.41) is 20.6. The molecule has 0 unspecified atom stereocenters. The topological polar surface area (TPSA) is 66.1 Å². The third kappa shape index (κ3) is 2.91. The molecule has 112 valence electrons. The number of pyridine rings is 1. The molecule has 22 heavy (non-hydrogen) atoms. The van der Waals surface area contributed by atoms with Crippen molar-refractivity contribution in [3.05, 3.63) is 51.5 Å². The zero-order chi connectivity index (χ0) is 15.5. The van der Waals surface area contributed by atoms with Crippen molar-refractivity contribution >= 4 is 23.4 Å². The summed E-state index contributed by atoms with van der Waals surface area (Å²) in [6.45, 7) is 0.974. The van der Waals surface area contributed by atoms with Gasteiger partial charge in [0.1, 0.15) is 16.7 Å². The molecule has 0 saturated carbocycles. The molecule has 2 heterocycles. The summed E-state index contributed by atoms with van der Waals surface area (Å²) in [5.41, 5.74) is 3.02. The predicted molar refractivity (Wildman–Crippen MR) is 85.0 cm³/mol. The van der Waals surface area contributed by atoms with Crippen molar-refractivity contribution in [2.75, 3.05) is 6.61 Å². The van der Waals surface area contributed by atoms with E-state index in [1.165, 1.54) is 11.8 Å². The summed E-state index contributed by atoms with van der Waals surface area (Å²) in [7, 11) is 0. The molecule has 1 aliphatic rings. The van der Waals surface area contributed by atoms with Crippen LogP contribution >= 0.6 is 23.4 Å². The van der Waals surface area contributed by atoms with Gasteiger partial charge in [0.25, 0.3) is 0 Å². The first-order valence-corrected chi connectivity index (χ1v) is 8.16. The predicted octanol–water partition coefficient (Wildman–Crippen LogP) is 3.68. The highest BCUT2D eigenvalue weighted by Crippen LogP contribution is 2.35. The molecule has 0 fully saturated rings. The summed E-state index contributed by atoms with van der Waals surface area (Å²) >= 11 is 7.65. The van der Waals surface area contributed by atoms with Crippen LogP contribution in [-0.4, -0.2) is 16.7 Å². The normalized spacial score (nSPS) is 13.5. The van der Waals surface area contributed by atoms with E-state index < -0.39 is 0 Å². The van der Waals surface area contributed by atoms with Crippen LogP contribution in [0, 0.1) is 11.3 Å². The Labute approximate surface area is 137 Å². The Morgan fingerprint density at radius 1 is 1.36 bits per heavy atom. The number of aromatic nitrogens is 1. The minimum absolute atomic E-state index is 0.204. The van der Waals surface area contributed by atoms with Gasteiger partial charge in [0.05, 0.1) is 13.2 Å². The molecular formula is C16H13ClN2O2S. The van der Waals surface area contributed by atoms with Gasteiger partial charge < -0.3 is 9.84 Å². The van der Waals surface area contributed by atoms with Crippen LogP contribution in [0.25, 0.3) is 0 Å². The van der Waals surface area contributed by atoms with Gasteiger partial charge in [-0.15, -0.1) is 11.8 Å². The molecule has 6 heteroatoms. The smallest absolute Gasteiger partial charge is 0.230 e. The molecule has 4 nitrogen and oxygen atoms in total. The number of hydrogen-bond donors (Lipinski definition) is 1. The molecule has 0 bridgehead atoms. The van der Waals surface area contributed by atoms with Gasteiger partial charge >= 0.3 is 0 Å². The molecule has 3 rings (SSSR count). The second kappa shape index (κ2) is 6.57. The van der Waals surface area contributed by atoms with Crippen molar-refractivity contribution in [2.45, 2.75) is 23.8 Å². The number of fused-ring (bicyclic) bond motifs is 1. The molecule has 0 amide bonds. The molecule has 1 N–H and O–H groups in total. The first-order valence-electron chi connectivity index (χ1n) is 6.79. The number of halogens is 1. The Bertz CT molecular complexity index is 759. The number of nitrogens with zero attached hydrogens (tertiary/aromatic N) is 2. The van der Waals surface area contributed by atoms with Gasteiger partial charge in [0.2, 0.25) is 5.88 Å². The zero-order valence-corrected chi connectivity index (χ0v) is 13.2. The van der Waals surface area contributed by atoms with Gasteiger partial charge in [-0.3, -0.25) is 0 Å². The highest BCUT2D eigenvalue weighted by atomic mass is 35.5. The van der Waals surface area contributed by atoms with Gasteiger partial charge in [0, 0.05) is 16.3 Å². The average Bonchev–Trinajstić information content (AvgIpc) is 2.54. The summed E-state index contributed by atoms with van der Waals surface area (Å²) in [4.78, 5) is 4.17. The third-order valence-corrected chi connectivity index (χ3v) is 4.97. The largest absolute Gasteiger partial charge is 0.492 e. The van der Waals surface area contributed by atoms with Crippen LogP contribution < -0.4 is 0 Å². The van der Waals surface area contributed by atoms with Crippen LogP contribution in [0.4, 0.5) is 0 Å². The van der Waals surface area contributed by atoms with Crippen molar-refractivity contribution in [1.29, 1.82) is 5.26 Å². The van der Waals surface area contributed by atoms with Gasteiger partial charge in [-0.1, -0.05) is 29.8 Å². The SMILES string of the molecule is N#Cc1c(O)nc(SCc2ccccc2Cl)c2c1CCOC2. The Kier molecular flexibility index (Phi) is 4.53. The Hall–Kier alpha value is -1.74. The van der Waals surface area contributed by atoms with E-state index in [4.69, 9.17) is 16.3 Å². The van der Waals surface area contributed by atoms with E-state index in [1.54, 1.807) is 0 Å². The third-order valence-electron chi connectivity index (χ3n) is 3.53. The van der Waals surface area contributed by atoms with Gasteiger partial charge in [-0.2, -0.15) is 5.26 Å². The first-order chi connectivity index (χ1) is 10.7. The molecule has 1 aromatic heterocycles. The molecule has 0 atom stereocenters. The number of aromatic hydroxyl groups is 1. The lowest BCUT2D eigenvalue weighted by Crippen LogP contribution is -2.14. The fraction of sp³-hybridized carbons (Fsp3) is 0.250. The Morgan fingerprint density at radius 2 is 2.18 bits per heavy atom. The first kappa shape index (κ1) is 15.2. The highest BCUT2D eigenvalue weighted by molar-refractivity contribution is 7.98. The summed E-state index contributed by atoms with van der Waals surface area (Å²) in [5.74, 6) is 0.439. The number of rotatable bonds is 3. The van der Waals surface area contributed by atoms with Crippen LogP contribution in [0.2, 0.25) is 5.02 Å². The van der Waals surface area contributed by atoms with Gasteiger partial charge in [0.15, 0.2) is 0 Å². The molecule has 1 aromatic carbocycles. The summed E-state index contributed by atoms with van der Waals surface area (Å²) < 4.78 is 5.48. The summed E-state index contributed by atoms with van der Waals surface area (Å²) in [6, 6.07) is 9.66. The minimum Gasteiger partial charge on any atom is -0.492 e. The average molecular weight is 333 g/mol. The van der Waals surface area contributed by atoms with Gasteiger partial charge in [-0.05, 0) is 23.6 Å². The van der Waals surface area contributed by atoms with Crippen LogP contribution in [0.15, 0.2) is 29.3 Å². The maximum atomic E-state index is 9.99. The van der Waals surface area contributed by atoms with Crippen LogP contribution in [0.1, 0.15) is 22.3 Å². The Morgan fingerprint density at radius 3 is 2.95 bits per heavy atom. The monoisotopic (exact) mass is 332 g/mol. The number of benzene rings is 1. The van der Waals surface area contributed by atoms with E-state index in [1.807, 2.05) is 30.3 Å². The molecule has 2 aromatic rings. The van der Waals surface area contributed by atoms with Crippen LogP contribution in [0.3, 0.4) is 0 Å². The van der Waals surface area contributed by atoms with E-state index in [9.17, 15) is 10.4 Å². The van der Waals surface area contributed by atoms with E-state index in [-0.39, 0.29) is 11.4 Å². The lowest BCUT2D eigenvalue weighted by atomic mass is 10.0. The fourth-order valence-corrected chi connectivity index (χ4v) is 3.74. The number of hydrogen-bond acceptors (Lipinski definition) is 5. The van der Waals surface area contributed by atoms with Crippen LogP contribution in [0.5, 0.6) is 5.88 Å². The zero-order valence-electron chi connectivity index (χ0n) is 11.7. The van der Waals surface area contributed by atoms with Gasteiger partial charge in [-0.25, -0.2) is 4.98 Å². The Balaban J connectivity index is 1.93. The van der Waals surface area contributed by atoms with E-state index in [2.05, 4.69) is 4.98 Å². The standard InChI is InChI=1S/C16H13ClN2O2S/c17-14-4-2-1-3-10(14)9-22-16-13-8-21-6-5-11(13)12(7-18)15(20)19-16/h1-4H,5-6,8-9H2,(H,19,20). The maximum Gasteiger partial charge on any atom is 0.230 e. The lowest BCUT2D eigenvalue weighted by molar-refractivity contribution is 0.108. The number of ether oxygens (including phenoxy) is 1. The van der Waals surface area contributed by atoms with E-state index in [0.717, 1.165) is 16.7 Å². The van der Waals surface area contributed by atoms with E-state index >= 15 is 0 Å². The summed E-state index contributed by atoms with van der Waals surface area (Å²) in [6.07, 6.45) is 0.619. The fourth-order valence-electron chi connectivity index (χ4n) is 2.41. The molecule has 0 saturated heterocycles. The molecule has 1 aliphatic heterocycles. The molecule has 0 spiro atoms. The number of nitriles is 1. The highest BCUT2D eigenvalue weighted by Gasteiger charge is 2.22. The minimum atomic E-state index is -0.204. The van der Waals surface area contributed by atoms with Crippen LogP contribution in [-0.2, 0) is 23.5 Å². The molecule has 0 radical (unpaired) electrons.